The number of hydrogen-bond acceptors (Lipinski definition) is 4. The largest absolute Gasteiger partial charge is 0.462 e. The summed E-state index contributed by atoms with van der Waals surface area (Å²) < 4.78 is 11.8. The standard InChI is InChI=1S/C23H29NO3/c1-18(2)26-22(25)17-24-15-13-21(14-16-24)27-23(19-9-5-3-6-10-19)20-11-7-4-8-12-20/h3-12,18,21,23H,13-17H2,1-2H3. The number of ether oxygens (including phenoxy) is 2. The molecule has 0 bridgehead atoms. The zero-order valence-electron chi connectivity index (χ0n) is 16.2. The van der Waals surface area contributed by atoms with Gasteiger partial charge < -0.3 is 9.47 Å². The lowest BCUT2D eigenvalue weighted by Crippen LogP contribution is -2.41. The van der Waals surface area contributed by atoms with E-state index in [9.17, 15) is 4.79 Å². The Kier molecular flexibility index (Phi) is 7.02. The van der Waals surface area contributed by atoms with Crippen LogP contribution in [0.3, 0.4) is 0 Å². The minimum Gasteiger partial charge on any atom is -0.462 e. The normalized spacial score (nSPS) is 16.0. The molecule has 3 rings (SSSR count). The van der Waals surface area contributed by atoms with Crippen molar-refractivity contribution in [1.82, 2.24) is 4.90 Å². The molecule has 1 heterocycles. The smallest absolute Gasteiger partial charge is 0.320 e. The van der Waals surface area contributed by atoms with Gasteiger partial charge in [0.2, 0.25) is 0 Å². The fourth-order valence-corrected chi connectivity index (χ4v) is 3.48. The lowest BCUT2D eigenvalue weighted by atomic mass is 10.00. The maximum atomic E-state index is 11.9. The van der Waals surface area contributed by atoms with Gasteiger partial charge in [0.05, 0.1) is 18.8 Å². The number of likely N-dealkylation sites (tertiary alicyclic amines) is 1. The molecule has 0 aliphatic carbocycles. The molecule has 0 spiro atoms. The summed E-state index contributed by atoms with van der Waals surface area (Å²) in [5.41, 5.74) is 2.35. The van der Waals surface area contributed by atoms with E-state index in [4.69, 9.17) is 9.47 Å². The summed E-state index contributed by atoms with van der Waals surface area (Å²) in [5.74, 6) is -0.143. The summed E-state index contributed by atoms with van der Waals surface area (Å²) in [6, 6.07) is 20.7. The van der Waals surface area contributed by atoms with Gasteiger partial charge in [-0.15, -0.1) is 0 Å². The average Bonchev–Trinajstić information content (AvgIpc) is 2.68. The Morgan fingerprint density at radius 1 is 0.963 bits per heavy atom. The summed E-state index contributed by atoms with van der Waals surface area (Å²) >= 11 is 0. The van der Waals surface area contributed by atoms with Gasteiger partial charge in [0.1, 0.15) is 6.10 Å². The summed E-state index contributed by atoms with van der Waals surface area (Å²) in [5, 5.41) is 0. The van der Waals surface area contributed by atoms with Crippen molar-refractivity contribution in [3.63, 3.8) is 0 Å². The molecular weight excluding hydrogens is 338 g/mol. The summed E-state index contributed by atoms with van der Waals surface area (Å²) in [4.78, 5) is 14.0. The van der Waals surface area contributed by atoms with Crippen LogP contribution in [0.25, 0.3) is 0 Å². The Bertz CT molecular complexity index is 655. The second-order valence-electron chi connectivity index (χ2n) is 7.35. The summed E-state index contributed by atoms with van der Waals surface area (Å²) in [6.45, 7) is 5.84. The van der Waals surface area contributed by atoms with E-state index in [-0.39, 0.29) is 24.3 Å². The van der Waals surface area contributed by atoms with Crippen molar-refractivity contribution in [3.05, 3.63) is 71.8 Å². The van der Waals surface area contributed by atoms with Crippen molar-refractivity contribution in [2.45, 2.75) is 45.0 Å². The van der Waals surface area contributed by atoms with Crippen molar-refractivity contribution in [1.29, 1.82) is 0 Å². The molecular formula is C23H29NO3. The Balaban J connectivity index is 1.59. The summed E-state index contributed by atoms with van der Waals surface area (Å²) in [7, 11) is 0. The molecule has 1 saturated heterocycles. The van der Waals surface area contributed by atoms with Gasteiger partial charge in [-0.05, 0) is 37.8 Å². The van der Waals surface area contributed by atoms with Crippen LogP contribution >= 0.6 is 0 Å². The molecule has 1 fully saturated rings. The zero-order chi connectivity index (χ0) is 19.1. The van der Waals surface area contributed by atoms with Gasteiger partial charge >= 0.3 is 5.97 Å². The molecule has 144 valence electrons. The van der Waals surface area contributed by atoms with Crippen LogP contribution < -0.4 is 0 Å². The van der Waals surface area contributed by atoms with Crippen molar-refractivity contribution in [2.24, 2.45) is 0 Å². The molecule has 0 amide bonds. The Morgan fingerprint density at radius 2 is 1.48 bits per heavy atom. The van der Waals surface area contributed by atoms with Crippen molar-refractivity contribution < 1.29 is 14.3 Å². The van der Waals surface area contributed by atoms with Gasteiger partial charge in [-0.25, -0.2) is 0 Å². The number of esters is 1. The third-order valence-corrected chi connectivity index (χ3v) is 4.79. The molecule has 1 aliphatic heterocycles. The zero-order valence-corrected chi connectivity index (χ0v) is 16.2. The Labute approximate surface area is 162 Å². The number of rotatable bonds is 7. The van der Waals surface area contributed by atoms with Crippen LogP contribution in [-0.4, -0.2) is 42.7 Å². The van der Waals surface area contributed by atoms with Gasteiger partial charge in [-0.3, -0.25) is 9.69 Å². The highest BCUT2D eigenvalue weighted by Crippen LogP contribution is 2.29. The van der Waals surface area contributed by atoms with Gasteiger partial charge in [-0.2, -0.15) is 0 Å². The molecule has 0 atom stereocenters. The molecule has 1 aliphatic rings. The molecule has 0 aromatic heterocycles. The van der Waals surface area contributed by atoms with Crippen LogP contribution in [0.5, 0.6) is 0 Å². The first-order valence-electron chi connectivity index (χ1n) is 9.79. The third-order valence-electron chi connectivity index (χ3n) is 4.79. The van der Waals surface area contributed by atoms with E-state index in [1.165, 1.54) is 11.1 Å². The third kappa shape index (κ3) is 5.91. The fourth-order valence-electron chi connectivity index (χ4n) is 3.48. The van der Waals surface area contributed by atoms with Crippen LogP contribution in [0.4, 0.5) is 0 Å². The summed E-state index contributed by atoms with van der Waals surface area (Å²) in [6.07, 6.45) is 1.91. The number of piperidine rings is 1. The molecule has 4 nitrogen and oxygen atoms in total. The van der Waals surface area contributed by atoms with E-state index in [0.717, 1.165) is 25.9 Å². The number of nitrogens with zero attached hydrogens (tertiary/aromatic N) is 1. The minimum absolute atomic E-state index is 0.0594. The molecule has 0 unspecified atom stereocenters. The van der Waals surface area contributed by atoms with Crippen LogP contribution in [-0.2, 0) is 14.3 Å². The van der Waals surface area contributed by atoms with Crippen LogP contribution in [0.1, 0.15) is 43.9 Å². The predicted molar refractivity (Wildman–Crippen MR) is 107 cm³/mol. The van der Waals surface area contributed by atoms with Crippen molar-refractivity contribution in [2.75, 3.05) is 19.6 Å². The first kappa shape index (κ1) is 19.6. The number of carbonyl (C=O) groups excluding carboxylic acids is 1. The topological polar surface area (TPSA) is 38.8 Å². The molecule has 2 aromatic carbocycles. The Hall–Kier alpha value is -2.17. The second-order valence-corrected chi connectivity index (χ2v) is 7.35. The molecule has 0 N–H and O–H groups in total. The highest BCUT2D eigenvalue weighted by molar-refractivity contribution is 5.71. The van der Waals surface area contributed by atoms with Gasteiger partial charge in [-0.1, -0.05) is 60.7 Å². The number of hydrogen-bond donors (Lipinski definition) is 0. The first-order chi connectivity index (χ1) is 13.1. The van der Waals surface area contributed by atoms with E-state index in [1.54, 1.807) is 0 Å². The lowest BCUT2D eigenvalue weighted by Gasteiger charge is -2.33. The Morgan fingerprint density at radius 3 is 1.96 bits per heavy atom. The monoisotopic (exact) mass is 367 g/mol. The van der Waals surface area contributed by atoms with Crippen LogP contribution in [0.2, 0.25) is 0 Å². The fraction of sp³-hybridized carbons (Fsp3) is 0.435. The SMILES string of the molecule is CC(C)OC(=O)CN1CCC(OC(c2ccccc2)c2ccccc2)CC1. The van der Waals surface area contributed by atoms with Gasteiger partial charge in [0.25, 0.3) is 0 Å². The van der Waals surface area contributed by atoms with E-state index in [0.29, 0.717) is 6.54 Å². The van der Waals surface area contributed by atoms with Crippen LogP contribution in [0, 0.1) is 0 Å². The average molecular weight is 367 g/mol. The highest BCUT2D eigenvalue weighted by Gasteiger charge is 2.26. The molecule has 2 aromatic rings. The quantitative estimate of drug-likeness (QED) is 0.687. The van der Waals surface area contributed by atoms with Crippen molar-refractivity contribution in [3.8, 4) is 0 Å². The van der Waals surface area contributed by atoms with E-state index in [1.807, 2.05) is 26.0 Å². The molecule has 27 heavy (non-hydrogen) atoms. The van der Waals surface area contributed by atoms with E-state index in [2.05, 4.69) is 53.4 Å². The van der Waals surface area contributed by atoms with Gasteiger partial charge in [0, 0.05) is 13.1 Å². The molecule has 0 saturated carbocycles. The van der Waals surface area contributed by atoms with E-state index < -0.39 is 0 Å². The predicted octanol–water partition coefficient (Wildman–Crippen LogP) is 4.21. The minimum atomic E-state index is -0.143. The number of benzene rings is 2. The van der Waals surface area contributed by atoms with Crippen molar-refractivity contribution >= 4 is 5.97 Å². The maximum Gasteiger partial charge on any atom is 0.320 e. The number of carbonyl (C=O) groups is 1. The molecule has 0 radical (unpaired) electrons. The van der Waals surface area contributed by atoms with E-state index >= 15 is 0 Å². The van der Waals surface area contributed by atoms with Crippen LogP contribution in [0.15, 0.2) is 60.7 Å². The second kappa shape index (κ2) is 9.67. The maximum absolute atomic E-state index is 11.9. The lowest BCUT2D eigenvalue weighted by molar-refractivity contribution is -0.149. The van der Waals surface area contributed by atoms with Gasteiger partial charge in [0.15, 0.2) is 0 Å². The molecule has 4 heteroatoms. The highest BCUT2D eigenvalue weighted by atomic mass is 16.5. The first-order valence-corrected chi connectivity index (χ1v) is 9.79.